The van der Waals surface area contributed by atoms with Crippen molar-refractivity contribution < 1.29 is 4.74 Å². The minimum atomic E-state index is 0.535. The van der Waals surface area contributed by atoms with Gasteiger partial charge in [-0.2, -0.15) is 0 Å². The summed E-state index contributed by atoms with van der Waals surface area (Å²) in [6.45, 7) is 10.1. The van der Waals surface area contributed by atoms with Crippen molar-refractivity contribution in [3.8, 4) is 0 Å². The smallest absolute Gasteiger partial charge is 0.0485 e. The molecule has 1 N–H and O–H groups in total. The standard InChI is InChI=1S/C10H19NO/c1-8(2)9(3)11-10-4-6-12-7-5-10/h8,10-11H,3-7H2,1-2H3. The highest BCUT2D eigenvalue weighted by atomic mass is 16.5. The maximum Gasteiger partial charge on any atom is 0.0485 e. The topological polar surface area (TPSA) is 21.3 Å². The maximum atomic E-state index is 5.27. The van der Waals surface area contributed by atoms with Crippen LogP contribution < -0.4 is 5.32 Å². The second-order valence-corrected chi connectivity index (χ2v) is 3.71. The summed E-state index contributed by atoms with van der Waals surface area (Å²) in [7, 11) is 0. The van der Waals surface area contributed by atoms with Gasteiger partial charge < -0.3 is 10.1 Å². The van der Waals surface area contributed by atoms with Gasteiger partial charge in [-0.1, -0.05) is 20.4 Å². The molecule has 0 amide bonds. The molecule has 0 spiro atoms. The molecule has 1 heterocycles. The molecule has 1 rings (SSSR count). The molecule has 0 aliphatic carbocycles. The summed E-state index contributed by atoms with van der Waals surface area (Å²) in [5.74, 6) is 0.535. The minimum Gasteiger partial charge on any atom is -0.386 e. The molecule has 0 bridgehead atoms. The molecule has 0 aromatic heterocycles. The van der Waals surface area contributed by atoms with E-state index < -0.39 is 0 Å². The fourth-order valence-corrected chi connectivity index (χ4v) is 1.27. The van der Waals surface area contributed by atoms with Crippen molar-refractivity contribution in [2.75, 3.05) is 13.2 Å². The normalized spacial score (nSPS) is 19.6. The van der Waals surface area contributed by atoms with Crippen molar-refractivity contribution in [2.45, 2.75) is 32.7 Å². The Morgan fingerprint density at radius 1 is 1.42 bits per heavy atom. The van der Waals surface area contributed by atoms with Gasteiger partial charge in [0.05, 0.1) is 0 Å². The van der Waals surface area contributed by atoms with E-state index in [4.69, 9.17) is 4.74 Å². The number of hydrogen-bond donors (Lipinski definition) is 1. The SMILES string of the molecule is C=C(NC1CCOCC1)C(C)C. The van der Waals surface area contributed by atoms with Gasteiger partial charge in [0.15, 0.2) is 0 Å². The van der Waals surface area contributed by atoms with Crippen LogP contribution in [-0.4, -0.2) is 19.3 Å². The third kappa shape index (κ3) is 2.86. The molecule has 0 aromatic carbocycles. The Bertz CT molecular complexity index is 148. The van der Waals surface area contributed by atoms with Gasteiger partial charge in [-0.15, -0.1) is 0 Å². The molecule has 2 heteroatoms. The van der Waals surface area contributed by atoms with E-state index in [2.05, 4.69) is 25.7 Å². The summed E-state index contributed by atoms with van der Waals surface area (Å²) >= 11 is 0. The van der Waals surface area contributed by atoms with E-state index in [0.29, 0.717) is 12.0 Å². The molecule has 12 heavy (non-hydrogen) atoms. The Hall–Kier alpha value is -0.500. The van der Waals surface area contributed by atoms with Crippen LogP contribution in [0.25, 0.3) is 0 Å². The van der Waals surface area contributed by atoms with Crippen molar-refractivity contribution in [1.29, 1.82) is 0 Å². The maximum absolute atomic E-state index is 5.27. The molecule has 0 unspecified atom stereocenters. The Labute approximate surface area is 75.0 Å². The first-order valence-corrected chi connectivity index (χ1v) is 4.73. The van der Waals surface area contributed by atoms with Crippen molar-refractivity contribution in [1.82, 2.24) is 5.32 Å². The Morgan fingerprint density at radius 2 is 2.00 bits per heavy atom. The van der Waals surface area contributed by atoms with Gasteiger partial charge in [0.1, 0.15) is 0 Å². The second-order valence-electron chi connectivity index (χ2n) is 3.71. The van der Waals surface area contributed by atoms with Crippen LogP contribution in [0.5, 0.6) is 0 Å². The molecule has 0 atom stereocenters. The van der Waals surface area contributed by atoms with Crippen molar-refractivity contribution >= 4 is 0 Å². The fourth-order valence-electron chi connectivity index (χ4n) is 1.27. The summed E-state index contributed by atoms with van der Waals surface area (Å²) in [5.41, 5.74) is 1.15. The fraction of sp³-hybridized carbons (Fsp3) is 0.800. The van der Waals surface area contributed by atoms with Crippen LogP contribution in [0.1, 0.15) is 26.7 Å². The Balaban J connectivity index is 2.24. The van der Waals surface area contributed by atoms with E-state index >= 15 is 0 Å². The van der Waals surface area contributed by atoms with Gasteiger partial charge in [0.25, 0.3) is 0 Å². The lowest BCUT2D eigenvalue weighted by molar-refractivity contribution is 0.0798. The highest BCUT2D eigenvalue weighted by Gasteiger charge is 2.14. The molecule has 0 aromatic rings. The van der Waals surface area contributed by atoms with Crippen LogP contribution in [0.2, 0.25) is 0 Å². The van der Waals surface area contributed by atoms with Crippen LogP contribution in [-0.2, 0) is 4.74 Å². The Morgan fingerprint density at radius 3 is 2.50 bits per heavy atom. The van der Waals surface area contributed by atoms with Gasteiger partial charge in [-0.05, 0) is 18.8 Å². The van der Waals surface area contributed by atoms with Crippen LogP contribution in [0.15, 0.2) is 12.3 Å². The molecular formula is C10H19NO. The lowest BCUT2D eigenvalue weighted by Gasteiger charge is -2.26. The van der Waals surface area contributed by atoms with E-state index in [-0.39, 0.29) is 0 Å². The van der Waals surface area contributed by atoms with E-state index in [9.17, 15) is 0 Å². The van der Waals surface area contributed by atoms with Crippen LogP contribution >= 0.6 is 0 Å². The van der Waals surface area contributed by atoms with E-state index in [0.717, 1.165) is 31.8 Å². The zero-order valence-electron chi connectivity index (χ0n) is 8.10. The predicted octanol–water partition coefficient (Wildman–Crippen LogP) is 1.92. The summed E-state index contributed by atoms with van der Waals surface area (Å²) < 4.78 is 5.27. The lowest BCUT2D eigenvalue weighted by atomic mass is 10.1. The highest BCUT2D eigenvalue weighted by Crippen LogP contribution is 2.11. The monoisotopic (exact) mass is 169 g/mol. The average molecular weight is 169 g/mol. The predicted molar refractivity (Wildman–Crippen MR) is 51.0 cm³/mol. The molecule has 2 nitrogen and oxygen atoms in total. The quantitative estimate of drug-likeness (QED) is 0.697. The highest BCUT2D eigenvalue weighted by molar-refractivity contribution is 4.97. The van der Waals surface area contributed by atoms with Gasteiger partial charge in [-0.25, -0.2) is 0 Å². The summed E-state index contributed by atoms with van der Waals surface area (Å²) in [4.78, 5) is 0. The average Bonchev–Trinajstić information content (AvgIpc) is 2.06. The third-order valence-corrected chi connectivity index (χ3v) is 2.31. The van der Waals surface area contributed by atoms with Gasteiger partial charge in [0.2, 0.25) is 0 Å². The molecule has 1 fully saturated rings. The zero-order valence-corrected chi connectivity index (χ0v) is 8.10. The lowest BCUT2D eigenvalue weighted by Crippen LogP contribution is -2.35. The first-order chi connectivity index (χ1) is 5.70. The molecule has 1 saturated heterocycles. The van der Waals surface area contributed by atoms with E-state index in [1.165, 1.54) is 0 Å². The van der Waals surface area contributed by atoms with E-state index in [1.54, 1.807) is 0 Å². The molecule has 1 aliphatic heterocycles. The zero-order chi connectivity index (χ0) is 8.97. The number of hydrogen-bond acceptors (Lipinski definition) is 2. The largest absolute Gasteiger partial charge is 0.386 e. The van der Waals surface area contributed by atoms with Crippen LogP contribution in [0.3, 0.4) is 0 Å². The summed E-state index contributed by atoms with van der Waals surface area (Å²) in [5, 5.41) is 3.44. The minimum absolute atomic E-state index is 0.535. The number of nitrogens with one attached hydrogen (secondary N) is 1. The summed E-state index contributed by atoms with van der Waals surface area (Å²) in [6.07, 6.45) is 2.23. The summed E-state index contributed by atoms with van der Waals surface area (Å²) in [6, 6.07) is 0.591. The Kier molecular flexibility index (Phi) is 3.60. The molecular weight excluding hydrogens is 150 g/mol. The first-order valence-electron chi connectivity index (χ1n) is 4.73. The first kappa shape index (κ1) is 9.59. The molecule has 1 aliphatic rings. The molecule has 0 saturated carbocycles. The van der Waals surface area contributed by atoms with Crippen molar-refractivity contribution in [3.63, 3.8) is 0 Å². The van der Waals surface area contributed by atoms with Gasteiger partial charge >= 0.3 is 0 Å². The second kappa shape index (κ2) is 4.51. The van der Waals surface area contributed by atoms with Gasteiger partial charge in [0, 0.05) is 25.0 Å². The number of ether oxygens (including phenoxy) is 1. The molecule has 0 radical (unpaired) electrons. The number of rotatable bonds is 3. The van der Waals surface area contributed by atoms with Crippen molar-refractivity contribution in [3.05, 3.63) is 12.3 Å². The van der Waals surface area contributed by atoms with Gasteiger partial charge in [-0.3, -0.25) is 0 Å². The van der Waals surface area contributed by atoms with Crippen LogP contribution in [0, 0.1) is 5.92 Å². The van der Waals surface area contributed by atoms with E-state index in [1.807, 2.05) is 0 Å². The third-order valence-electron chi connectivity index (χ3n) is 2.31. The van der Waals surface area contributed by atoms with Crippen LogP contribution in [0.4, 0.5) is 0 Å². The number of allylic oxidation sites excluding steroid dienone is 1. The van der Waals surface area contributed by atoms with Crippen molar-refractivity contribution in [2.24, 2.45) is 5.92 Å². The molecule has 70 valence electrons.